The quantitative estimate of drug-likeness (QED) is 0.707. The Morgan fingerprint density at radius 3 is 2.64 bits per heavy atom. The number of nitrogens with zero attached hydrogens (tertiary/aromatic N) is 1. The summed E-state index contributed by atoms with van der Waals surface area (Å²) in [4.78, 5) is 2.56. The third kappa shape index (κ3) is 2.86. The molecule has 0 atom stereocenters. The van der Waals surface area contributed by atoms with Crippen molar-refractivity contribution in [2.75, 3.05) is 41.4 Å². The number of thioether (sulfide) groups is 2. The fraction of sp³-hybridized carbons (Fsp3) is 1.00. The minimum Gasteiger partial charge on any atom is -0.406 e. The van der Waals surface area contributed by atoms with Gasteiger partial charge < -0.3 is 4.43 Å². The molecule has 0 amide bonds. The van der Waals surface area contributed by atoms with Crippen molar-refractivity contribution in [2.45, 2.75) is 6.92 Å². The topological polar surface area (TPSA) is 12.5 Å². The van der Waals surface area contributed by atoms with E-state index in [0.717, 1.165) is 6.61 Å². The first-order valence-electron chi connectivity index (χ1n) is 5.00. The first-order valence-corrected chi connectivity index (χ1v) is 11.3. The van der Waals surface area contributed by atoms with Crippen LogP contribution in [0.25, 0.3) is 0 Å². The molecule has 3 rings (SSSR count). The van der Waals surface area contributed by atoms with Crippen LogP contribution in [-0.2, 0) is 4.43 Å². The monoisotopic (exact) mass is 267 g/mol. The van der Waals surface area contributed by atoms with E-state index in [-0.39, 0.29) is 0 Å². The summed E-state index contributed by atoms with van der Waals surface area (Å²) in [5.74, 6) is 3.72. The minimum atomic E-state index is -1.41. The lowest BCUT2D eigenvalue weighted by atomic mass is 10.7. The lowest BCUT2D eigenvalue weighted by Crippen LogP contribution is -2.48. The molecular weight excluding hydrogens is 250 g/mol. The van der Waals surface area contributed by atoms with Crippen molar-refractivity contribution in [3.8, 4) is 0 Å². The van der Waals surface area contributed by atoms with Crippen molar-refractivity contribution in [1.29, 1.82) is 0 Å². The van der Waals surface area contributed by atoms with E-state index in [4.69, 9.17) is 4.43 Å². The maximum atomic E-state index is 6.11. The van der Waals surface area contributed by atoms with Crippen molar-refractivity contribution < 1.29 is 4.43 Å². The van der Waals surface area contributed by atoms with E-state index in [9.17, 15) is 0 Å². The van der Waals surface area contributed by atoms with E-state index in [1.807, 2.05) is 0 Å². The molecule has 2 nitrogen and oxygen atoms in total. The van der Waals surface area contributed by atoms with Gasteiger partial charge in [0.25, 0.3) is 7.47 Å². The first kappa shape index (κ1) is 11.7. The molecule has 0 aromatic heterocycles. The third-order valence-electron chi connectivity index (χ3n) is 2.37. The van der Waals surface area contributed by atoms with Gasteiger partial charge >= 0.3 is 0 Å². The zero-order valence-corrected chi connectivity index (χ0v) is 12.0. The van der Waals surface area contributed by atoms with Crippen LogP contribution < -0.4 is 0 Å². The Bertz CT molecular complexity index is 169. The molecule has 0 aromatic rings. The maximum absolute atomic E-state index is 6.11. The van der Waals surface area contributed by atoms with Gasteiger partial charge in [-0.15, -0.1) is 23.5 Å². The Kier molecular flexibility index (Phi) is 4.58. The predicted molar refractivity (Wildman–Crippen MR) is 71.2 cm³/mol. The van der Waals surface area contributed by atoms with E-state index in [1.54, 1.807) is 0 Å². The average Bonchev–Trinajstić information content (AvgIpc) is 2.06. The Labute approximate surface area is 99.7 Å². The molecular formula is C8H17NOS3Si. The van der Waals surface area contributed by atoms with Crippen LogP contribution in [0, 0.1) is 0 Å². The number of fused-ring (bicyclic) bond motifs is 6. The molecule has 14 heavy (non-hydrogen) atoms. The highest BCUT2D eigenvalue weighted by molar-refractivity contribution is 8.32. The van der Waals surface area contributed by atoms with Crippen molar-refractivity contribution in [2.24, 2.45) is 0 Å². The molecule has 0 unspecified atom stereocenters. The summed E-state index contributed by atoms with van der Waals surface area (Å²) >= 11 is 6.33. The summed E-state index contributed by atoms with van der Waals surface area (Å²) < 4.78 is 6.11. The standard InChI is InChI=1S/C8H17NOS3Si/c1-2-10-14-7-11-5-9(3-4-13-14)6-12-8-14/h2-8H2,1H3. The molecule has 6 heteroatoms. The lowest BCUT2D eigenvalue weighted by molar-refractivity contribution is 0.341. The van der Waals surface area contributed by atoms with Crippen molar-refractivity contribution in [3.05, 3.63) is 0 Å². The Hall–Kier alpha value is 1.19. The van der Waals surface area contributed by atoms with Gasteiger partial charge in [0.2, 0.25) is 0 Å². The smallest absolute Gasteiger partial charge is 0.273 e. The van der Waals surface area contributed by atoms with Crippen LogP contribution in [0.15, 0.2) is 0 Å². The number of hydrogen-bond acceptors (Lipinski definition) is 5. The van der Waals surface area contributed by atoms with Crippen LogP contribution in [0.5, 0.6) is 0 Å². The molecule has 3 heterocycles. The summed E-state index contributed by atoms with van der Waals surface area (Å²) in [5.41, 5.74) is 0. The molecule has 0 radical (unpaired) electrons. The summed E-state index contributed by atoms with van der Waals surface area (Å²) in [6, 6.07) is 0. The van der Waals surface area contributed by atoms with E-state index in [1.165, 1.54) is 34.8 Å². The molecule has 3 fully saturated rings. The lowest BCUT2D eigenvalue weighted by Gasteiger charge is -2.37. The van der Waals surface area contributed by atoms with Gasteiger partial charge in [0, 0.05) is 41.4 Å². The molecule has 3 saturated heterocycles. The molecule has 3 aliphatic rings. The second-order valence-corrected chi connectivity index (χ2v) is 13.1. The minimum absolute atomic E-state index is 0.907. The molecule has 82 valence electrons. The van der Waals surface area contributed by atoms with Crippen LogP contribution in [-0.4, -0.2) is 53.8 Å². The van der Waals surface area contributed by atoms with Crippen molar-refractivity contribution in [1.82, 2.24) is 4.90 Å². The Morgan fingerprint density at radius 1 is 1.29 bits per heavy atom. The summed E-state index contributed by atoms with van der Waals surface area (Å²) in [7, 11) is -1.41. The zero-order valence-electron chi connectivity index (χ0n) is 8.53. The third-order valence-corrected chi connectivity index (χ3v) is 15.0. The SMILES string of the molecule is CCO[Si]12CSCN(CCS1)CSC2. The highest BCUT2D eigenvalue weighted by Gasteiger charge is 2.39. The second-order valence-electron chi connectivity index (χ2n) is 3.54. The molecule has 0 saturated carbocycles. The van der Waals surface area contributed by atoms with Gasteiger partial charge in [0.15, 0.2) is 0 Å². The van der Waals surface area contributed by atoms with Gasteiger partial charge in [-0.3, -0.25) is 4.90 Å². The summed E-state index contributed by atoms with van der Waals surface area (Å²) in [5, 5.41) is 2.57. The maximum Gasteiger partial charge on any atom is 0.273 e. The molecule has 0 aliphatic carbocycles. The van der Waals surface area contributed by atoms with Gasteiger partial charge in [-0.1, -0.05) is 0 Å². The van der Waals surface area contributed by atoms with Gasteiger partial charge in [-0.25, -0.2) is 0 Å². The fourth-order valence-electron chi connectivity index (χ4n) is 1.70. The first-order chi connectivity index (χ1) is 6.85. The average molecular weight is 268 g/mol. The Balaban J connectivity index is 2.04. The summed E-state index contributed by atoms with van der Waals surface area (Å²) in [6.45, 7) is 4.30. The van der Waals surface area contributed by atoms with Crippen molar-refractivity contribution >= 4 is 42.2 Å². The molecule has 0 N–H and O–H groups in total. The highest BCUT2D eigenvalue weighted by Crippen LogP contribution is 2.34. The van der Waals surface area contributed by atoms with E-state index >= 15 is 0 Å². The van der Waals surface area contributed by atoms with Crippen LogP contribution in [0.4, 0.5) is 0 Å². The fourth-order valence-corrected chi connectivity index (χ4v) is 14.7. The Morgan fingerprint density at radius 2 is 2.00 bits per heavy atom. The van der Waals surface area contributed by atoms with Crippen LogP contribution in [0.3, 0.4) is 0 Å². The van der Waals surface area contributed by atoms with Gasteiger partial charge in [-0.05, 0) is 6.92 Å². The van der Waals surface area contributed by atoms with Gasteiger partial charge in [0.1, 0.15) is 0 Å². The van der Waals surface area contributed by atoms with E-state index in [0.29, 0.717) is 0 Å². The van der Waals surface area contributed by atoms with Crippen LogP contribution in [0.2, 0.25) is 0 Å². The van der Waals surface area contributed by atoms with E-state index in [2.05, 4.69) is 46.6 Å². The highest BCUT2D eigenvalue weighted by atomic mass is 32.4. The summed E-state index contributed by atoms with van der Waals surface area (Å²) in [6.07, 6.45) is 0. The largest absolute Gasteiger partial charge is 0.406 e. The zero-order chi connectivity index (χ0) is 9.86. The molecule has 2 bridgehead atoms. The molecule has 0 aromatic carbocycles. The predicted octanol–water partition coefficient (Wildman–Crippen LogP) is 1.99. The van der Waals surface area contributed by atoms with Crippen molar-refractivity contribution in [3.63, 3.8) is 0 Å². The van der Waals surface area contributed by atoms with E-state index < -0.39 is 7.47 Å². The van der Waals surface area contributed by atoms with Crippen LogP contribution in [0.1, 0.15) is 6.92 Å². The van der Waals surface area contributed by atoms with Crippen LogP contribution >= 0.6 is 34.7 Å². The molecule has 3 aliphatic heterocycles. The second kappa shape index (κ2) is 5.50. The van der Waals surface area contributed by atoms with Gasteiger partial charge in [0.05, 0.1) is 0 Å². The normalized spacial score (nSPS) is 38.8. The number of hydrogen-bond donors (Lipinski definition) is 0. The number of rotatable bonds is 2. The van der Waals surface area contributed by atoms with Gasteiger partial charge in [-0.2, -0.15) is 11.2 Å². The molecule has 0 spiro atoms.